The Balaban J connectivity index is 1.97. The van der Waals surface area contributed by atoms with E-state index < -0.39 is 0 Å². The normalized spacial score (nSPS) is 10.2. The van der Waals surface area contributed by atoms with Crippen LogP contribution in [0.15, 0.2) is 36.5 Å². The van der Waals surface area contributed by atoms with Gasteiger partial charge in [0.25, 0.3) is 0 Å². The number of halogens is 1. The summed E-state index contributed by atoms with van der Waals surface area (Å²) in [7, 11) is 1.57. The van der Waals surface area contributed by atoms with E-state index in [1.807, 2.05) is 13.0 Å². The molecule has 2 rings (SSSR count). The highest BCUT2D eigenvalue weighted by molar-refractivity contribution is 5.47. The molecule has 0 atom stereocenters. The monoisotopic (exact) mass is 276 g/mol. The van der Waals surface area contributed by atoms with Gasteiger partial charge in [0.1, 0.15) is 0 Å². The number of aromatic nitrogens is 1. The van der Waals surface area contributed by atoms with Gasteiger partial charge in [-0.3, -0.25) is 0 Å². The summed E-state index contributed by atoms with van der Waals surface area (Å²) in [4.78, 5) is 4.11. The lowest BCUT2D eigenvalue weighted by molar-refractivity contribution is 0.321. The highest BCUT2D eigenvalue weighted by atomic mass is 19.1. The van der Waals surface area contributed by atoms with Crippen LogP contribution in [-0.2, 0) is 6.54 Å². The molecule has 4 nitrogen and oxygen atoms in total. The van der Waals surface area contributed by atoms with Crippen molar-refractivity contribution in [3.05, 3.63) is 47.9 Å². The zero-order valence-corrected chi connectivity index (χ0v) is 11.5. The van der Waals surface area contributed by atoms with E-state index in [2.05, 4.69) is 10.3 Å². The van der Waals surface area contributed by atoms with Crippen LogP contribution in [0.5, 0.6) is 11.6 Å². The fourth-order valence-corrected chi connectivity index (χ4v) is 1.72. The molecule has 0 aliphatic rings. The SMILES string of the molecule is CCOc1ccc(NCc2ccc(OC)nc2)cc1F. The first kappa shape index (κ1) is 14.1. The van der Waals surface area contributed by atoms with Gasteiger partial charge in [-0.2, -0.15) is 0 Å². The van der Waals surface area contributed by atoms with E-state index in [0.29, 0.717) is 24.7 Å². The second-order valence-electron chi connectivity index (χ2n) is 4.14. The van der Waals surface area contributed by atoms with Crippen LogP contribution in [0.4, 0.5) is 10.1 Å². The number of benzene rings is 1. The van der Waals surface area contributed by atoms with Crippen molar-refractivity contribution in [3.8, 4) is 11.6 Å². The van der Waals surface area contributed by atoms with E-state index in [1.165, 1.54) is 6.07 Å². The van der Waals surface area contributed by atoms with Crippen molar-refractivity contribution in [2.45, 2.75) is 13.5 Å². The summed E-state index contributed by atoms with van der Waals surface area (Å²) in [5.74, 6) is 0.467. The molecular formula is C15H17FN2O2. The van der Waals surface area contributed by atoms with Gasteiger partial charge >= 0.3 is 0 Å². The summed E-state index contributed by atoms with van der Waals surface area (Å²) >= 11 is 0. The van der Waals surface area contributed by atoms with Crippen LogP contribution in [0, 0.1) is 5.82 Å². The summed E-state index contributed by atoms with van der Waals surface area (Å²) in [5, 5.41) is 3.13. The number of anilines is 1. The fraction of sp³-hybridized carbons (Fsp3) is 0.267. The molecule has 20 heavy (non-hydrogen) atoms. The molecule has 0 saturated heterocycles. The summed E-state index contributed by atoms with van der Waals surface area (Å²) in [6, 6.07) is 8.51. The van der Waals surface area contributed by atoms with Gasteiger partial charge in [-0.1, -0.05) is 6.07 Å². The number of hydrogen-bond donors (Lipinski definition) is 1. The minimum Gasteiger partial charge on any atom is -0.491 e. The average Bonchev–Trinajstić information content (AvgIpc) is 2.48. The van der Waals surface area contributed by atoms with E-state index in [4.69, 9.17) is 9.47 Å². The lowest BCUT2D eigenvalue weighted by atomic mass is 10.2. The van der Waals surface area contributed by atoms with Crippen molar-refractivity contribution in [2.75, 3.05) is 19.0 Å². The zero-order chi connectivity index (χ0) is 14.4. The molecule has 0 saturated carbocycles. The summed E-state index contributed by atoms with van der Waals surface area (Å²) in [6.45, 7) is 2.83. The van der Waals surface area contributed by atoms with Crippen molar-refractivity contribution in [1.29, 1.82) is 0 Å². The van der Waals surface area contributed by atoms with Crippen LogP contribution < -0.4 is 14.8 Å². The Kier molecular flexibility index (Phi) is 4.76. The molecular weight excluding hydrogens is 259 g/mol. The van der Waals surface area contributed by atoms with Crippen LogP contribution in [0.25, 0.3) is 0 Å². The topological polar surface area (TPSA) is 43.4 Å². The number of nitrogens with zero attached hydrogens (tertiary/aromatic N) is 1. The fourth-order valence-electron chi connectivity index (χ4n) is 1.72. The van der Waals surface area contributed by atoms with Crippen LogP contribution >= 0.6 is 0 Å². The minimum atomic E-state index is -0.371. The molecule has 0 unspecified atom stereocenters. The molecule has 1 N–H and O–H groups in total. The molecule has 0 aliphatic heterocycles. The lowest BCUT2D eigenvalue weighted by Gasteiger charge is -2.09. The summed E-state index contributed by atoms with van der Waals surface area (Å²) in [6.07, 6.45) is 1.72. The quantitative estimate of drug-likeness (QED) is 0.879. The molecule has 0 aliphatic carbocycles. The molecule has 1 heterocycles. The maximum Gasteiger partial charge on any atom is 0.212 e. The Morgan fingerprint density at radius 3 is 2.70 bits per heavy atom. The van der Waals surface area contributed by atoms with E-state index in [9.17, 15) is 4.39 Å². The van der Waals surface area contributed by atoms with Crippen molar-refractivity contribution in [3.63, 3.8) is 0 Å². The van der Waals surface area contributed by atoms with Gasteiger partial charge in [0.2, 0.25) is 5.88 Å². The van der Waals surface area contributed by atoms with E-state index >= 15 is 0 Å². The molecule has 0 fully saturated rings. The van der Waals surface area contributed by atoms with Crippen LogP contribution in [-0.4, -0.2) is 18.7 Å². The summed E-state index contributed by atoms with van der Waals surface area (Å²) in [5.41, 5.74) is 1.68. The standard InChI is InChI=1S/C15H17FN2O2/c1-3-20-14-6-5-12(8-13(14)16)17-9-11-4-7-15(19-2)18-10-11/h4-8,10,17H,3,9H2,1-2H3. The largest absolute Gasteiger partial charge is 0.491 e. The number of rotatable bonds is 6. The average molecular weight is 276 g/mol. The first-order valence-electron chi connectivity index (χ1n) is 6.38. The predicted octanol–water partition coefficient (Wildman–Crippen LogP) is 3.24. The van der Waals surface area contributed by atoms with Gasteiger partial charge in [0.05, 0.1) is 13.7 Å². The summed E-state index contributed by atoms with van der Waals surface area (Å²) < 4.78 is 23.8. The van der Waals surface area contributed by atoms with Gasteiger partial charge in [-0.25, -0.2) is 9.37 Å². The Morgan fingerprint density at radius 2 is 2.10 bits per heavy atom. The first-order chi connectivity index (χ1) is 9.72. The Bertz CT molecular complexity index is 558. The number of methoxy groups -OCH3 is 1. The Labute approximate surface area is 117 Å². The van der Waals surface area contributed by atoms with E-state index in [-0.39, 0.29) is 11.6 Å². The zero-order valence-electron chi connectivity index (χ0n) is 11.5. The van der Waals surface area contributed by atoms with Crippen LogP contribution in [0.3, 0.4) is 0 Å². The third-order valence-corrected chi connectivity index (χ3v) is 2.74. The van der Waals surface area contributed by atoms with Gasteiger partial charge in [0, 0.05) is 30.6 Å². The smallest absolute Gasteiger partial charge is 0.212 e. The molecule has 0 amide bonds. The minimum absolute atomic E-state index is 0.268. The number of hydrogen-bond acceptors (Lipinski definition) is 4. The molecule has 0 spiro atoms. The highest BCUT2D eigenvalue weighted by Gasteiger charge is 2.04. The van der Waals surface area contributed by atoms with E-state index in [1.54, 1.807) is 31.5 Å². The molecule has 1 aromatic carbocycles. The molecule has 2 aromatic rings. The van der Waals surface area contributed by atoms with Crippen molar-refractivity contribution >= 4 is 5.69 Å². The van der Waals surface area contributed by atoms with Crippen molar-refractivity contribution < 1.29 is 13.9 Å². The van der Waals surface area contributed by atoms with E-state index in [0.717, 1.165) is 5.56 Å². The van der Waals surface area contributed by atoms with Gasteiger partial charge in [0.15, 0.2) is 11.6 Å². The predicted molar refractivity (Wildman–Crippen MR) is 75.7 cm³/mol. The van der Waals surface area contributed by atoms with Crippen LogP contribution in [0.2, 0.25) is 0 Å². The van der Waals surface area contributed by atoms with Crippen LogP contribution in [0.1, 0.15) is 12.5 Å². The molecule has 5 heteroatoms. The first-order valence-corrected chi connectivity index (χ1v) is 6.38. The van der Waals surface area contributed by atoms with Crippen molar-refractivity contribution in [2.24, 2.45) is 0 Å². The Morgan fingerprint density at radius 1 is 1.25 bits per heavy atom. The molecule has 106 valence electrons. The number of nitrogens with one attached hydrogen (secondary N) is 1. The maximum absolute atomic E-state index is 13.7. The van der Waals surface area contributed by atoms with Gasteiger partial charge in [-0.15, -0.1) is 0 Å². The molecule has 1 aromatic heterocycles. The number of ether oxygens (including phenoxy) is 2. The second kappa shape index (κ2) is 6.75. The third-order valence-electron chi connectivity index (χ3n) is 2.74. The molecule has 0 radical (unpaired) electrons. The third kappa shape index (κ3) is 3.60. The highest BCUT2D eigenvalue weighted by Crippen LogP contribution is 2.21. The van der Waals surface area contributed by atoms with Gasteiger partial charge < -0.3 is 14.8 Å². The Hall–Kier alpha value is -2.30. The second-order valence-corrected chi connectivity index (χ2v) is 4.14. The number of pyridine rings is 1. The maximum atomic E-state index is 13.7. The van der Waals surface area contributed by atoms with Crippen molar-refractivity contribution in [1.82, 2.24) is 4.98 Å². The molecule has 0 bridgehead atoms. The lowest BCUT2D eigenvalue weighted by Crippen LogP contribution is -2.01. The van der Waals surface area contributed by atoms with Gasteiger partial charge in [-0.05, 0) is 24.6 Å².